The van der Waals surface area contributed by atoms with Crippen molar-refractivity contribution in [2.45, 2.75) is 19.5 Å². The average Bonchev–Trinajstić information content (AvgIpc) is 2.92. The molecule has 0 aliphatic heterocycles. The molecule has 0 aromatic carbocycles. The van der Waals surface area contributed by atoms with Gasteiger partial charge in [0.25, 0.3) is 5.91 Å². The third-order valence-corrected chi connectivity index (χ3v) is 3.61. The monoisotopic (exact) mass is 355 g/mol. The number of pyridine rings is 1. The Kier molecular flexibility index (Phi) is 5.78. The first-order chi connectivity index (χ1) is 11.7. The zero-order valence-electron chi connectivity index (χ0n) is 14.3. The van der Waals surface area contributed by atoms with Crippen LogP contribution in [0.4, 0.5) is 13.2 Å². The van der Waals surface area contributed by atoms with Crippen molar-refractivity contribution in [3.05, 3.63) is 41.3 Å². The van der Waals surface area contributed by atoms with E-state index >= 15 is 0 Å². The number of hydrogen-bond acceptors (Lipinski definition) is 4. The van der Waals surface area contributed by atoms with E-state index in [1.807, 2.05) is 19.0 Å². The van der Waals surface area contributed by atoms with E-state index in [1.165, 1.54) is 16.9 Å². The summed E-state index contributed by atoms with van der Waals surface area (Å²) in [4.78, 5) is 18.0. The molecule has 9 heteroatoms. The largest absolute Gasteiger partial charge is 0.417 e. The number of nitrogens with zero attached hydrogens (tertiary/aromatic N) is 4. The molecule has 0 aliphatic rings. The van der Waals surface area contributed by atoms with Gasteiger partial charge in [-0.25, -0.2) is 9.67 Å². The SMILES string of the molecule is Cc1c(C(=O)NCCCN(C)C)cnn1-c1ccc(C(F)(F)F)cn1. The van der Waals surface area contributed by atoms with E-state index in [0.717, 1.165) is 25.2 Å². The molecule has 1 amide bonds. The normalized spacial score (nSPS) is 11.8. The van der Waals surface area contributed by atoms with Gasteiger partial charge in [0, 0.05) is 12.7 Å². The molecular weight excluding hydrogens is 335 g/mol. The van der Waals surface area contributed by atoms with Crippen molar-refractivity contribution < 1.29 is 18.0 Å². The summed E-state index contributed by atoms with van der Waals surface area (Å²) in [5.41, 5.74) is 0.0452. The zero-order valence-corrected chi connectivity index (χ0v) is 14.3. The van der Waals surface area contributed by atoms with Crippen LogP contribution >= 0.6 is 0 Å². The molecular formula is C16H20F3N5O. The predicted molar refractivity (Wildman–Crippen MR) is 86.6 cm³/mol. The summed E-state index contributed by atoms with van der Waals surface area (Å²) in [5.74, 6) is -0.0495. The van der Waals surface area contributed by atoms with Gasteiger partial charge in [0.15, 0.2) is 5.82 Å². The summed E-state index contributed by atoms with van der Waals surface area (Å²) in [5, 5.41) is 6.86. The summed E-state index contributed by atoms with van der Waals surface area (Å²) < 4.78 is 39.1. The van der Waals surface area contributed by atoms with Crippen LogP contribution < -0.4 is 5.32 Å². The van der Waals surface area contributed by atoms with E-state index in [-0.39, 0.29) is 11.7 Å². The molecule has 2 aromatic heterocycles. The van der Waals surface area contributed by atoms with Crippen LogP contribution in [-0.2, 0) is 6.18 Å². The summed E-state index contributed by atoms with van der Waals surface area (Å²) in [6.07, 6.45) is -1.50. The van der Waals surface area contributed by atoms with Gasteiger partial charge in [-0.1, -0.05) is 0 Å². The Bertz CT molecular complexity index is 722. The molecule has 1 N–H and O–H groups in total. The molecule has 2 rings (SSSR count). The van der Waals surface area contributed by atoms with Crippen LogP contribution in [0.2, 0.25) is 0 Å². The van der Waals surface area contributed by atoms with Gasteiger partial charge in [-0.15, -0.1) is 0 Å². The first-order valence-corrected chi connectivity index (χ1v) is 7.71. The standard InChI is InChI=1S/C16H20F3N5O/c1-11-13(15(25)20-7-4-8-23(2)3)10-22-24(11)14-6-5-12(9-21-14)16(17,18)19/h5-6,9-10H,4,7-8H2,1-3H3,(H,20,25). The van der Waals surface area contributed by atoms with E-state index in [4.69, 9.17) is 0 Å². The minimum atomic E-state index is -4.44. The maximum Gasteiger partial charge on any atom is 0.417 e. The van der Waals surface area contributed by atoms with Crippen molar-refractivity contribution in [1.29, 1.82) is 0 Å². The Labute approximate surface area is 143 Å². The van der Waals surface area contributed by atoms with Crippen LogP contribution in [0.25, 0.3) is 5.82 Å². The fraction of sp³-hybridized carbons (Fsp3) is 0.438. The number of carbonyl (C=O) groups excluding carboxylic acids is 1. The number of halogens is 3. The zero-order chi connectivity index (χ0) is 18.6. The number of carbonyl (C=O) groups is 1. The molecule has 6 nitrogen and oxygen atoms in total. The number of aromatic nitrogens is 3. The smallest absolute Gasteiger partial charge is 0.352 e. The summed E-state index contributed by atoms with van der Waals surface area (Å²) in [6.45, 7) is 3.05. The van der Waals surface area contributed by atoms with E-state index < -0.39 is 11.7 Å². The van der Waals surface area contributed by atoms with E-state index in [1.54, 1.807) is 6.92 Å². The second-order valence-electron chi connectivity index (χ2n) is 5.87. The van der Waals surface area contributed by atoms with Crippen molar-refractivity contribution in [2.75, 3.05) is 27.2 Å². The lowest BCUT2D eigenvalue weighted by molar-refractivity contribution is -0.137. The molecule has 136 valence electrons. The van der Waals surface area contributed by atoms with Crippen LogP contribution in [0, 0.1) is 6.92 Å². The van der Waals surface area contributed by atoms with Gasteiger partial charge in [0.05, 0.1) is 23.0 Å². The van der Waals surface area contributed by atoms with Gasteiger partial charge in [-0.2, -0.15) is 18.3 Å². The van der Waals surface area contributed by atoms with Crippen LogP contribution in [0.3, 0.4) is 0 Å². The molecule has 0 fully saturated rings. The van der Waals surface area contributed by atoms with Crippen molar-refractivity contribution in [3.8, 4) is 5.82 Å². The van der Waals surface area contributed by atoms with Crippen LogP contribution in [0.5, 0.6) is 0 Å². The van der Waals surface area contributed by atoms with Gasteiger partial charge < -0.3 is 10.2 Å². The molecule has 0 saturated heterocycles. The second kappa shape index (κ2) is 7.64. The molecule has 0 radical (unpaired) electrons. The number of amides is 1. The highest BCUT2D eigenvalue weighted by Crippen LogP contribution is 2.28. The van der Waals surface area contributed by atoms with E-state index in [2.05, 4.69) is 15.4 Å². The molecule has 2 aromatic rings. The Morgan fingerprint density at radius 3 is 2.56 bits per heavy atom. The topological polar surface area (TPSA) is 63.1 Å². The number of nitrogens with one attached hydrogen (secondary N) is 1. The molecule has 2 heterocycles. The molecule has 0 bridgehead atoms. The molecule has 0 atom stereocenters. The Morgan fingerprint density at radius 1 is 1.28 bits per heavy atom. The lowest BCUT2D eigenvalue weighted by atomic mass is 10.2. The highest BCUT2D eigenvalue weighted by atomic mass is 19.4. The van der Waals surface area contributed by atoms with Crippen molar-refractivity contribution >= 4 is 5.91 Å². The van der Waals surface area contributed by atoms with Crippen molar-refractivity contribution in [1.82, 2.24) is 25.0 Å². The number of hydrogen-bond donors (Lipinski definition) is 1. The lowest BCUT2D eigenvalue weighted by Crippen LogP contribution is -2.27. The van der Waals surface area contributed by atoms with Gasteiger partial charge in [0.1, 0.15) is 0 Å². The summed E-state index contributed by atoms with van der Waals surface area (Å²) >= 11 is 0. The molecule has 25 heavy (non-hydrogen) atoms. The first-order valence-electron chi connectivity index (χ1n) is 7.71. The maximum absolute atomic E-state index is 12.6. The molecule has 0 aliphatic carbocycles. The molecule has 0 unspecified atom stereocenters. The second-order valence-corrected chi connectivity index (χ2v) is 5.87. The van der Waals surface area contributed by atoms with Gasteiger partial charge in [0.2, 0.25) is 0 Å². The van der Waals surface area contributed by atoms with E-state index in [0.29, 0.717) is 17.8 Å². The van der Waals surface area contributed by atoms with Gasteiger partial charge >= 0.3 is 6.18 Å². The quantitative estimate of drug-likeness (QED) is 0.808. The van der Waals surface area contributed by atoms with E-state index in [9.17, 15) is 18.0 Å². The van der Waals surface area contributed by atoms with Crippen LogP contribution in [-0.4, -0.2) is 52.8 Å². The number of alkyl halides is 3. The minimum Gasteiger partial charge on any atom is -0.352 e. The fourth-order valence-corrected chi connectivity index (χ4v) is 2.23. The third-order valence-electron chi connectivity index (χ3n) is 3.61. The lowest BCUT2D eigenvalue weighted by Gasteiger charge is -2.10. The highest BCUT2D eigenvalue weighted by molar-refractivity contribution is 5.95. The Hall–Kier alpha value is -2.42. The number of rotatable bonds is 6. The highest BCUT2D eigenvalue weighted by Gasteiger charge is 2.30. The Morgan fingerprint density at radius 2 is 2.00 bits per heavy atom. The third kappa shape index (κ3) is 4.79. The molecule has 0 saturated carbocycles. The molecule has 0 spiro atoms. The van der Waals surface area contributed by atoms with Crippen molar-refractivity contribution in [2.24, 2.45) is 0 Å². The maximum atomic E-state index is 12.6. The van der Waals surface area contributed by atoms with Crippen LogP contribution in [0.15, 0.2) is 24.5 Å². The van der Waals surface area contributed by atoms with Gasteiger partial charge in [-0.3, -0.25) is 4.79 Å². The predicted octanol–water partition coefficient (Wildman–Crippen LogP) is 2.28. The Balaban J connectivity index is 2.08. The average molecular weight is 355 g/mol. The van der Waals surface area contributed by atoms with Crippen LogP contribution in [0.1, 0.15) is 28.0 Å². The summed E-state index contributed by atoms with van der Waals surface area (Å²) in [7, 11) is 3.90. The first kappa shape index (κ1) is 18.9. The van der Waals surface area contributed by atoms with Crippen molar-refractivity contribution in [3.63, 3.8) is 0 Å². The summed E-state index contributed by atoms with van der Waals surface area (Å²) in [6, 6.07) is 2.16. The minimum absolute atomic E-state index is 0.220. The fourth-order valence-electron chi connectivity index (χ4n) is 2.23. The van der Waals surface area contributed by atoms with Gasteiger partial charge in [-0.05, 0) is 46.1 Å².